The largest absolute Gasteiger partial charge is 0.466 e. The Morgan fingerprint density at radius 2 is 1.89 bits per heavy atom. The van der Waals surface area contributed by atoms with Crippen molar-refractivity contribution in [2.75, 3.05) is 19.8 Å². The fraction of sp³-hybridized carbons (Fsp3) is 0.833. The minimum Gasteiger partial charge on any atom is -0.466 e. The summed E-state index contributed by atoms with van der Waals surface area (Å²) in [5, 5.41) is 10.5. The van der Waals surface area contributed by atoms with Gasteiger partial charge in [-0.2, -0.15) is 0 Å². The van der Waals surface area contributed by atoms with Gasteiger partial charge >= 0.3 is 5.97 Å². The van der Waals surface area contributed by atoms with Crippen molar-refractivity contribution in [2.24, 2.45) is 23.2 Å². The van der Waals surface area contributed by atoms with Crippen LogP contribution < -0.4 is 0 Å². The molecule has 3 saturated heterocycles. The third-order valence-electron chi connectivity index (χ3n) is 8.61. The van der Waals surface area contributed by atoms with Crippen molar-refractivity contribution >= 4 is 17.8 Å². The summed E-state index contributed by atoms with van der Waals surface area (Å²) < 4.78 is 12.1. The summed E-state index contributed by atoms with van der Waals surface area (Å²) in [4.78, 5) is 45.7. The molecule has 3 aliphatic rings. The van der Waals surface area contributed by atoms with E-state index in [4.69, 9.17) is 9.47 Å². The van der Waals surface area contributed by atoms with Gasteiger partial charge in [-0.25, -0.2) is 0 Å². The molecule has 3 heterocycles. The van der Waals surface area contributed by atoms with Gasteiger partial charge in [0.2, 0.25) is 11.8 Å². The highest BCUT2D eigenvalue weighted by Gasteiger charge is 2.79. The zero-order chi connectivity index (χ0) is 28.8. The van der Waals surface area contributed by atoms with Gasteiger partial charge in [-0.15, -0.1) is 6.58 Å². The number of nitrogens with zero attached hydrogens (tertiary/aromatic N) is 2. The molecule has 3 fully saturated rings. The number of hydrogen-bond donors (Lipinski definition) is 1. The van der Waals surface area contributed by atoms with Crippen LogP contribution in [0.15, 0.2) is 12.7 Å². The van der Waals surface area contributed by atoms with Crippen LogP contribution in [0.1, 0.15) is 88.0 Å². The first-order chi connectivity index (χ1) is 17.5. The third kappa shape index (κ3) is 5.15. The number of likely N-dealkylation sites (tertiary alicyclic amines) is 1. The topological polar surface area (TPSA) is 96.4 Å². The lowest BCUT2D eigenvalue weighted by Crippen LogP contribution is -2.62. The number of amides is 2. The van der Waals surface area contributed by atoms with E-state index in [2.05, 4.69) is 27.4 Å². The van der Waals surface area contributed by atoms with E-state index in [1.165, 1.54) is 0 Å². The number of fused-ring (bicyclic) bond motifs is 1. The molecule has 38 heavy (non-hydrogen) atoms. The molecule has 2 unspecified atom stereocenters. The first-order valence-electron chi connectivity index (χ1n) is 14.2. The van der Waals surface area contributed by atoms with Crippen LogP contribution in [0.25, 0.3) is 0 Å². The van der Waals surface area contributed by atoms with E-state index < -0.39 is 46.6 Å². The van der Waals surface area contributed by atoms with E-state index in [1.807, 2.05) is 39.5 Å². The molecular weight excluding hydrogens is 484 g/mol. The highest BCUT2D eigenvalue weighted by atomic mass is 16.6. The van der Waals surface area contributed by atoms with Crippen molar-refractivity contribution in [3.05, 3.63) is 12.7 Å². The van der Waals surface area contributed by atoms with Crippen molar-refractivity contribution in [2.45, 2.75) is 117 Å². The van der Waals surface area contributed by atoms with Gasteiger partial charge in [-0.3, -0.25) is 14.4 Å². The number of ether oxygens (including phenoxy) is 2. The Bertz CT molecular complexity index is 940. The molecule has 0 aliphatic carbocycles. The Labute approximate surface area is 229 Å². The number of carbonyl (C=O) groups is 3. The molecule has 3 aliphatic heterocycles. The minimum absolute atomic E-state index is 0.0503. The Balaban J connectivity index is 2.18. The summed E-state index contributed by atoms with van der Waals surface area (Å²) in [5.74, 6) is -2.40. The molecule has 6 atom stereocenters. The lowest BCUT2D eigenvalue weighted by molar-refractivity contribution is -0.163. The van der Waals surface area contributed by atoms with Gasteiger partial charge < -0.3 is 24.4 Å². The quantitative estimate of drug-likeness (QED) is 0.319. The predicted octanol–water partition coefficient (Wildman–Crippen LogP) is 3.95. The fourth-order valence-corrected chi connectivity index (χ4v) is 7.75. The minimum atomic E-state index is -1.15. The van der Waals surface area contributed by atoms with Crippen LogP contribution in [0.3, 0.4) is 0 Å². The maximum atomic E-state index is 14.8. The number of carbonyl (C=O) groups excluding carboxylic acids is 3. The molecule has 0 aromatic carbocycles. The first kappa shape index (κ1) is 30.6. The summed E-state index contributed by atoms with van der Waals surface area (Å²) >= 11 is 0. The zero-order valence-corrected chi connectivity index (χ0v) is 25.0. The van der Waals surface area contributed by atoms with Gasteiger partial charge in [0.15, 0.2) is 0 Å². The molecule has 2 amide bonds. The molecule has 0 saturated carbocycles. The number of aliphatic hydroxyl groups is 1. The van der Waals surface area contributed by atoms with E-state index in [9.17, 15) is 19.5 Å². The lowest BCUT2D eigenvalue weighted by atomic mass is 9.66. The molecule has 8 heteroatoms. The Hall–Kier alpha value is -1.93. The summed E-state index contributed by atoms with van der Waals surface area (Å²) in [5.41, 5.74) is -2.62. The van der Waals surface area contributed by atoms with Gasteiger partial charge in [0.05, 0.1) is 30.8 Å². The molecule has 1 spiro atoms. The van der Waals surface area contributed by atoms with Gasteiger partial charge in [0.1, 0.15) is 17.6 Å². The third-order valence-corrected chi connectivity index (χ3v) is 8.61. The van der Waals surface area contributed by atoms with Gasteiger partial charge in [-0.05, 0) is 64.7 Å². The Kier molecular flexibility index (Phi) is 8.51. The van der Waals surface area contributed by atoms with Crippen molar-refractivity contribution in [1.82, 2.24) is 9.80 Å². The molecule has 0 aromatic heterocycles. The van der Waals surface area contributed by atoms with E-state index >= 15 is 0 Å². The zero-order valence-electron chi connectivity index (χ0n) is 25.0. The molecule has 3 rings (SSSR count). The monoisotopic (exact) mass is 534 g/mol. The highest BCUT2D eigenvalue weighted by molar-refractivity contribution is 5.99. The van der Waals surface area contributed by atoms with Gasteiger partial charge in [0.25, 0.3) is 0 Å². The molecule has 216 valence electrons. The first-order valence-corrected chi connectivity index (χ1v) is 14.2. The second kappa shape index (κ2) is 10.6. The van der Waals surface area contributed by atoms with Crippen molar-refractivity contribution in [3.63, 3.8) is 0 Å². The fourth-order valence-electron chi connectivity index (χ4n) is 7.75. The summed E-state index contributed by atoms with van der Waals surface area (Å²) in [6, 6.07) is -1.51. The number of esters is 1. The molecule has 0 radical (unpaired) electrons. The Morgan fingerprint density at radius 3 is 2.39 bits per heavy atom. The summed E-state index contributed by atoms with van der Waals surface area (Å²) in [6.07, 6.45) is 4.02. The maximum absolute atomic E-state index is 14.8. The standard InChI is InChI=1S/C30H50N2O6/c1-11-15-31(28(8,9)18-27(5,6)7)25(35)23-30-14-13-29(10,38-30)22(26(36)37-12-2)21(30)24(34)32(23)20(17-33)16-19(3)4/h11,19-23,33H,1,12-18H2,2-10H3/t20-,21+,22-,23?,29+,30?/m1/s1. The van der Waals surface area contributed by atoms with Gasteiger partial charge in [0, 0.05) is 12.1 Å². The average Bonchev–Trinajstić information content (AvgIpc) is 3.34. The SMILES string of the molecule is C=CCN(C(=O)C1N([C@@H](CO)CC(C)C)C(=O)[C@@H]2[C@H](C(=O)OCC)[C@]3(C)CCC12O3)C(C)(C)CC(C)(C)C. The van der Waals surface area contributed by atoms with Gasteiger partial charge in [-0.1, -0.05) is 40.7 Å². The van der Waals surface area contributed by atoms with Crippen LogP contribution in [-0.2, 0) is 23.9 Å². The van der Waals surface area contributed by atoms with Crippen LogP contribution in [0.2, 0.25) is 0 Å². The van der Waals surface area contributed by atoms with Crippen LogP contribution in [0.4, 0.5) is 0 Å². The normalized spacial score (nSPS) is 31.5. The Morgan fingerprint density at radius 1 is 1.26 bits per heavy atom. The van der Waals surface area contributed by atoms with Crippen LogP contribution in [0.5, 0.6) is 0 Å². The molecule has 8 nitrogen and oxygen atoms in total. The second-order valence-corrected chi connectivity index (χ2v) is 14.0. The van der Waals surface area contributed by atoms with Crippen LogP contribution >= 0.6 is 0 Å². The molecular formula is C30H50N2O6. The molecule has 2 bridgehead atoms. The van der Waals surface area contributed by atoms with Crippen molar-refractivity contribution < 1.29 is 29.0 Å². The summed E-state index contributed by atoms with van der Waals surface area (Å²) in [6.45, 7) is 22.3. The average molecular weight is 535 g/mol. The number of aliphatic hydroxyl groups excluding tert-OH is 1. The van der Waals surface area contributed by atoms with Crippen LogP contribution in [-0.4, -0.2) is 81.3 Å². The van der Waals surface area contributed by atoms with E-state index in [-0.39, 0.29) is 36.4 Å². The van der Waals surface area contributed by atoms with E-state index in [0.29, 0.717) is 25.8 Å². The van der Waals surface area contributed by atoms with E-state index in [1.54, 1.807) is 17.9 Å². The van der Waals surface area contributed by atoms with Crippen molar-refractivity contribution in [3.8, 4) is 0 Å². The number of rotatable bonds is 11. The smallest absolute Gasteiger partial charge is 0.312 e. The lowest BCUT2D eigenvalue weighted by Gasteiger charge is -2.46. The summed E-state index contributed by atoms with van der Waals surface area (Å²) in [7, 11) is 0. The predicted molar refractivity (Wildman–Crippen MR) is 146 cm³/mol. The maximum Gasteiger partial charge on any atom is 0.312 e. The van der Waals surface area contributed by atoms with E-state index in [0.717, 1.165) is 6.42 Å². The highest BCUT2D eigenvalue weighted by Crippen LogP contribution is 2.64. The molecule has 1 N–H and O–H groups in total. The number of hydrogen-bond acceptors (Lipinski definition) is 6. The second-order valence-electron chi connectivity index (χ2n) is 14.0. The van der Waals surface area contributed by atoms with Crippen LogP contribution in [0, 0.1) is 23.2 Å². The van der Waals surface area contributed by atoms with Crippen molar-refractivity contribution in [1.29, 1.82) is 0 Å². The molecule has 0 aromatic rings.